The maximum absolute atomic E-state index is 2.55. The number of hydrogen-bond donors (Lipinski definition) is 0. The van der Waals surface area contributed by atoms with Gasteiger partial charge in [0.25, 0.3) is 0 Å². The predicted molar refractivity (Wildman–Crippen MR) is 211 cm³/mol. The van der Waals surface area contributed by atoms with E-state index in [0.717, 1.165) is 12.8 Å². The van der Waals surface area contributed by atoms with Crippen LogP contribution in [-0.4, -0.2) is 4.40 Å². The lowest BCUT2D eigenvalue weighted by atomic mass is 9.72. The van der Waals surface area contributed by atoms with Crippen LogP contribution in [0.2, 0.25) is 0 Å². The lowest BCUT2D eigenvalue weighted by molar-refractivity contribution is 0.430. The lowest BCUT2D eigenvalue weighted by Gasteiger charge is -2.32. The van der Waals surface area contributed by atoms with Crippen molar-refractivity contribution < 1.29 is 0 Å². The smallest absolute Gasteiger partial charge is 0.0620 e. The van der Waals surface area contributed by atoms with Crippen LogP contribution in [0.1, 0.15) is 48.9 Å². The summed E-state index contributed by atoms with van der Waals surface area (Å²) in [4.78, 5) is 0. The van der Waals surface area contributed by atoms with Crippen molar-refractivity contribution in [2.24, 2.45) is 11.8 Å². The van der Waals surface area contributed by atoms with Gasteiger partial charge in [0.1, 0.15) is 0 Å². The largest absolute Gasteiger partial charge is 0.307 e. The number of fused-ring (bicyclic) bond motifs is 6. The molecular formula is C48H41N. The van der Waals surface area contributed by atoms with Gasteiger partial charge in [-0.3, -0.25) is 0 Å². The molecule has 2 heterocycles. The summed E-state index contributed by atoms with van der Waals surface area (Å²) in [5.41, 5.74) is 17.3. The molecule has 0 amide bonds. The summed E-state index contributed by atoms with van der Waals surface area (Å²) in [5.74, 6) is 0.975. The van der Waals surface area contributed by atoms with Gasteiger partial charge in [0, 0.05) is 27.1 Å². The van der Waals surface area contributed by atoms with E-state index < -0.39 is 0 Å². The van der Waals surface area contributed by atoms with Crippen molar-refractivity contribution in [2.45, 2.75) is 40.5 Å². The molecule has 2 atom stereocenters. The second kappa shape index (κ2) is 11.6. The maximum Gasteiger partial charge on any atom is 0.0620 e. The van der Waals surface area contributed by atoms with Crippen LogP contribution in [-0.2, 0) is 0 Å². The van der Waals surface area contributed by atoms with Crippen molar-refractivity contribution in [2.75, 3.05) is 0 Å². The van der Waals surface area contributed by atoms with Crippen molar-refractivity contribution in [3.63, 3.8) is 0 Å². The Labute approximate surface area is 289 Å². The minimum Gasteiger partial charge on any atom is -0.307 e. The van der Waals surface area contributed by atoms with Crippen LogP contribution >= 0.6 is 0 Å². The molecule has 0 aliphatic heterocycles. The third-order valence-corrected chi connectivity index (χ3v) is 11.5. The number of hydrogen-bond acceptors (Lipinski definition) is 0. The number of aromatic nitrogens is 1. The highest BCUT2D eigenvalue weighted by atomic mass is 14.9. The second-order valence-corrected chi connectivity index (χ2v) is 14.1. The van der Waals surface area contributed by atoms with Crippen LogP contribution in [0, 0.1) is 25.7 Å². The third kappa shape index (κ3) is 4.52. The van der Waals surface area contributed by atoms with Crippen LogP contribution in [0.15, 0.2) is 140 Å². The van der Waals surface area contributed by atoms with Gasteiger partial charge in [0.15, 0.2) is 0 Å². The Kier molecular flexibility index (Phi) is 7.06. The molecule has 0 N–H and O–H groups in total. The summed E-state index contributed by atoms with van der Waals surface area (Å²) in [7, 11) is 0. The van der Waals surface area contributed by atoms with Crippen molar-refractivity contribution in [1.82, 2.24) is 4.40 Å². The van der Waals surface area contributed by atoms with Crippen LogP contribution < -0.4 is 0 Å². The van der Waals surface area contributed by atoms with E-state index in [-0.39, 0.29) is 0 Å². The Morgan fingerprint density at radius 1 is 0.612 bits per heavy atom. The summed E-state index contributed by atoms with van der Waals surface area (Å²) in [6, 6.07) is 47.3. The van der Waals surface area contributed by atoms with E-state index in [4.69, 9.17) is 0 Å². The number of benzene rings is 6. The molecule has 9 rings (SSSR count). The number of allylic oxidation sites excluding steroid dienone is 4. The van der Waals surface area contributed by atoms with Crippen molar-refractivity contribution >= 4 is 49.2 Å². The highest BCUT2D eigenvalue weighted by Crippen LogP contribution is 2.49. The Hall–Kier alpha value is -5.40. The first-order chi connectivity index (χ1) is 24.0. The average Bonchev–Trinajstić information content (AvgIpc) is 3.67. The molecule has 0 bridgehead atoms. The highest BCUT2D eigenvalue weighted by molar-refractivity contribution is 6.25. The van der Waals surface area contributed by atoms with Crippen molar-refractivity contribution in [1.29, 1.82) is 0 Å². The molecule has 1 nitrogen and oxygen atoms in total. The molecule has 1 heteroatoms. The highest BCUT2D eigenvalue weighted by Gasteiger charge is 2.30. The van der Waals surface area contributed by atoms with Gasteiger partial charge in [-0.25, -0.2) is 0 Å². The first-order valence-electron chi connectivity index (χ1n) is 17.9. The van der Waals surface area contributed by atoms with Gasteiger partial charge in [-0.05, 0) is 88.3 Å². The normalized spacial score (nSPS) is 15.7. The minimum atomic E-state index is 0.426. The van der Waals surface area contributed by atoms with Crippen LogP contribution in [0.25, 0.3) is 71.5 Å². The first kappa shape index (κ1) is 29.7. The van der Waals surface area contributed by atoms with Gasteiger partial charge in [0.05, 0.1) is 16.6 Å². The van der Waals surface area contributed by atoms with Crippen molar-refractivity contribution in [3.8, 4) is 22.3 Å². The molecule has 0 saturated heterocycles. The molecule has 1 aliphatic rings. The zero-order valence-electron chi connectivity index (χ0n) is 28.8. The second-order valence-electron chi connectivity index (χ2n) is 14.1. The first-order valence-corrected chi connectivity index (χ1v) is 17.9. The summed E-state index contributed by atoms with van der Waals surface area (Å²) in [6.07, 6.45) is 7.20. The zero-order valence-corrected chi connectivity index (χ0v) is 28.8. The van der Waals surface area contributed by atoms with E-state index in [0.29, 0.717) is 11.8 Å². The Bertz CT molecular complexity index is 2590. The molecule has 0 saturated carbocycles. The Morgan fingerprint density at radius 2 is 1.24 bits per heavy atom. The Balaban J connectivity index is 1.40. The van der Waals surface area contributed by atoms with E-state index in [2.05, 4.69) is 172 Å². The van der Waals surface area contributed by atoms with Gasteiger partial charge in [-0.2, -0.15) is 0 Å². The number of para-hydroxylation sites is 3. The standard InChI is InChI=1S/C48H41N/c1-5-30(2)36-26-25-34(33-16-7-6-8-17-33)29-44(36)46-32(4)37(35-18-10-9-15-31(35)3)27-28-39(46)41-21-14-23-43-42-22-13-20-40-38-19-11-12-24-45(38)49(47(40)42)48(41)43/h6-25,27-30,36H,5,26H2,1-4H3. The van der Waals surface area contributed by atoms with Gasteiger partial charge in [-0.15, -0.1) is 0 Å². The maximum atomic E-state index is 2.55. The van der Waals surface area contributed by atoms with Crippen molar-refractivity contribution in [3.05, 3.63) is 162 Å². The summed E-state index contributed by atoms with van der Waals surface area (Å²) < 4.78 is 2.55. The average molecular weight is 632 g/mol. The quantitative estimate of drug-likeness (QED) is 0.172. The topological polar surface area (TPSA) is 4.41 Å². The number of aryl methyl sites for hydroxylation is 1. The van der Waals surface area contributed by atoms with Crippen LogP contribution in [0.4, 0.5) is 0 Å². The summed E-state index contributed by atoms with van der Waals surface area (Å²) in [6.45, 7) is 9.40. The minimum absolute atomic E-state index is 0.426. The van der Waals surface area contributed by atoms with E-state index in [9.17, 15) is 0 Å². The molecule has 49 heavy (non-hydrogen) atoms. The fraction of sp³-hybridized carbons (Fsp3) is 0.167. The molecule has 6 aromatic carbocycles. The predicted octanol–water partition coefficient (Wildman–Crippen LogP) is 13.3. The molecule has 1 aliphatic carbocycles. The fourth-order valence-electron chi connectivity index (χ4n) is 8.79. The fourth-order valence-corrected chi connectivity index (χ4v) is 8.79. The van der Waals surface area contributed by atoms with Gasteiger partial charge in [0.2, 0.25) is 0 Å². The van der Waals surface area contributed by atoms with Gasteiger partial charge >= 0.3 is 0 Å². The molecule has 0 spiro atoms. The molecule has 2 aromatic heterocycles. The van der Waals surface area contributed by atoms with Crippen LogP contribution in [0.5, 0.6) is 0 Å². The molecule has 0 fully saturated rings. The third-order valence-electron chi connectivity index (χ3n) is 11.5. The van der Waals surface area contributed by atoms with Gasteiger partial charge < -0.3 is 4.40 Å². The molecule has 0 radical (unpaired) electrons. The summed E-state index contributed by atoms with van der Waals surface area (Å²) >= 11 is 0. The van der Waals surface area contributed by atoms with E-state index in [1.165, 1.54) is 93.7 Å². The SMILES string of the molecule is CCC(C)C1CC=C(c2ccccc2)C=C1c1c(-c2cccc3c4cccc5c6ccccc6n(c23)c54)ccc(-c2ccccc2C)c1C. The number of rotatable bonds is 6. The molecule has 8 aromatic rings. The van der Waals surface area contributed by atoms with E-state index in [1.54, 1.807) is 0 Å². The lowest BCUT2D eigenvalue weighted by Crippen LogP contribution is -2.17. The molecule has 2 unspecified atom stereocenters. The number of nitrogens with zero attached hydrogens (tertiary/aromatic N) is 1. The van der Waals surface area contributed by atoms with E-state index in [1.807, 2.05) is 0 Å². The van der Waals surface area contributed by atoms with E-state index >= 15 is 0 Å². The van der Waals surface area contributed by atoms with Crippen LogP contribution in [0.3, 0.4) is 0 Å². The van der Waals surface area contributed by atoms with Gasteiger partial charge in [-0.1, -0.05) is 154 Å². The molecule has 238 valence electrons. The Morgan fingerprint density at radius 3 is 2.04 bits per heavy atom. The summed E-state index contributed by atoms with van der Waals surface area (Å²) in [5, 5.41) is 5.28. The monoisotopic (exact) mass is 631 g/mol. The zero-order chi connectivity index (χ0) is 33.2. The molecular weight excluding hydrogens is 591 g/mol.